The number of fused-ring (bicyclic) bond motifs is 7. The van der Waals surface area contributed by atoms with E-state index in [0.29, 0.717) is 48.2 Å². The molecule has 0 saturated carbocycles. The summed E-state index contributed by atoms with van der Waals surface area (Å²) in [5, 5.41) is 9.07. The Labute approximate surface area is 192 Å². The van der Waals surface area contributed by atoms with Gasteiger partial charge < -0.3 is 34.9 Å². The van der Waals surface area contributed by atoms with E-state index in [2.05, 4.69) is 16.0 Å². The normalized spacial score (nSPS) is 20.4. The van der Waals surface area contributed by atoms with E-state index >= 15 is 0 Å². The van der Waals surface area contributed by atoms with Crippen molar-refractivity contribution in [1.82, 2.24) is 16.0 Å². The van der Waals surface area contributed by atoms with Gasteiger partial charge in [-0.25, -0.2) is 0 Å². The van der Waals surface area contributed by atoms with Gasteiger partial charge in [0.05, 0.1) is 20.3 Å². The molecule has 4 bridgehead atoms. The Bertz CT molecular complexity index is 986. The zero-order valence-electron chi connectivity index (χ0n) is 17.8. The topological polar surface area (TPSA) is 107 Å². The monoisotopic (exact) mass is 463 g/mol. The summed E-state index contributed by atoms with van der Waals surface area (Å²) in [5.74, 6) is 1.31. The van der Waals surface area contributed by atoms with Gasteiger partial charge in [-0.3, -0.25) is 9.59 Å². The smallest absolute Gasteiger partial charge is 0.258 e. The molecule has 2 atom stereocenters. The lowest BCUT2D eigenvalue weighted by Gasteiger charge is -2.23. The molecule has 0 aromatic heterocycles. The highest BCUT2D eigenvalue weighted by Crippen LogP contribution is 2.31. The van der Waals surface area contributed by atoms with Crippen molar-refractivity contribution in [3.05, 3.63) is 47.5 Å². The minimum absolute atomic E-state index is 0. The molecule has 2 amide bonds. The van der Waals surface area contributed by atoms with Gasteiger partial charge in [0.25, 0.3) is 11.8 Å². The molecule has 10 heteroatoms. The van der Waals surface area contributed by atoms with Crippen molar-refractivity contribution in [2.24, 2.45) is 0 Å². The van der Waals surface area contributed by atoms with Gasteiger partial charge in [-0.2, -0.15) is 0 Å². The molecule has 0 unspecified atom stereocenters. The number of hydrogen-bond acceptors (Lipinski definition) is 7. The lowest BCUT2D eigenvalue weighted by Crippen LogP contribution is -2.45. The van der Waals surface area contributed by atoms with Gasteiger partial charge in [0.15, 0.2) is 29.6 Å². The molecule has 3 heterocycles. The van der Waals surface area contributed by atoms with Gasteiger partial charge in [-0.1, -0.05) is 6.07 Å². The van der Waals surface area contributed by atoms with Crippen molar-refractivity contribution in [3.63, 3.8) is 0 Å². The lowest BCUT2D eigenvalue weighted by molar-refractivity contribution is -0.123. The Morgan fingerprint density at radius 3 is 2.56 bits per heavy atom. The van der Waals surface area contributed by atoms with Crippen molar-refractivity contribution in [2.45, 2.75) is 18.7 Å². The summed E-state index contributed by atoms with van der Waals surface area (Å²) in [6, 6.07) is 10.1. The summed E-state index contributed by atoms with van der Waals surface area (Å²) >= 11 is 0. The van der Waals surface area contributed by atoms with Crippen molar-refractivity contribution in [3.8, 4) is 23.0 Å². The van der Waals surface area contributed by atoms with Crippen molar-refractivity contribution in [1.29, 1.82) is 0 Å². The van der Waals surface area contributed by atoms with Gasteiger partial charge in [-0.05, 0) is 35.9 Å². The zero-order chi connectivity index (χ0) is 21.8. The summed E-state index contributed by atoms with van der Waals surface area (Å²) in [4.78, 5) is 25.1. The van der Waals surface area contributed by atoms with E-state index in [-0.39, 0.29) is 43.0 Å². The van der Waals surface area contributed by atoms with Crippen LogP contribution in [0.3, 0.4) is 0 Å². The number of benzene rings is 2. The van der Waals surface area contributed by atoms with Crippen LogP contribution < -0.4 is 34.9 Å². The maximum absolute atomic E-state index is 12.9. The highest BCUT2D eigenvalue weighted by molar-refractivity contribution is 5.95. The van der Waals surface area contributed by atoms with Crippen LogP contribution in [-0.4, -0.2) is 57.9 Å². The number of ether oxygens (including phenoxy) is 4. The molecule has 0 spiro atoms. The van der Waals surface area contributed by atoms with Crippen molar-refractivity contribution in [2.75, 3.05) is 33.9 Å². The Hall–Kier alpha value is -3.17. The largest absolute Gasteiger partial charge is 0.493 e. The van der Waals surface area contributed by atoms with E-state index in [4.69, 9.17) is 18.9 Å². The Morgan fingerprint density at radius 1 is 0.969 bits per heavy atom. The Kier molecular flexibility index (Phi) is 7.66. The van der Waals surface area contributed by atoms with Gasteiger partial charge in [0.1, 0.15) is 6.10 Å². The molecule has 2 aromatic carbocycles. The predicted octanol–water partition coefficient (Wildman–Crippen LogP) is 1.28. The fourth-order valence-electron chi connectivity index (χ4n) is 3.58. The quantitative estimate of drug-likeness (QED) is 0.616. The molecule has 32 heavy (non-hydrogen) atoms. The second kappa shape index (κ2) is 10.4. The highest BCUT2D eigenvalue weighted by atomic mass is 35.5. The molecule has 3 N–H and O–H groups in total. The highest BCUT2D eigenvalue weighted by Gasteiger charge is 2.31. The Balaban J connectivity index is 0.00000289. The molecule has 1 saturated heterocycles. The van der Waals surface area contributed by atoms with Gasteiger partial charge in [0.2, 0.25) is 0 Å². The molecule has 2 aromatic rings. The summed E-state index contributed by atoms with van der Waals surface area (Å²) < 4.78 is 22.6. The third-order valence-electron chi connectivity index (χ3n) is 5.26. The first-order chi connectivity index (χ1) is 15.1. The third-order valence-corrected chi connectivity index (χ3v) is 5.26. The minimum atomic E-state index is -0.305. The molecule has 5 rings (SSSR count). The number of carbonyl (C=O) groups is 2. The van der Waals surface area contributed by atoms with E-state index in [1.54, 1.807) is 31.4 Å². The van der Waals surface area contributed by atoms with E-state index in [9.17, 15) is 9.59 Å². The standard InChI is InChI=1S/C22H25N3O6.ClH/c1-28-16-6-4-14-8-19(16)30-12-21(26)24-9-13-3-5-17(18(7-13)29-2)31-20-11-23-10-15(20)25-22(14)27;/h3-8,15,20,23H,9-12H2,1-2H3,(H,24,26)(H,25,27);1H/t15-,20-;/m0./s1. The van der Waals surface area contributed by atoms with Crippen molar-refractivity contribution >= 4 is 24.2 Å². The molecule has 172 valence electrons. The number of amides is 2. The zero-order valence-corrected chi connectivity index (χ0v) is 18.6. The van der Waals surface area contributed by atoms with Crippen molar-refractivity contribution < 1.29 is 28.5 Å². The van der Waals surface area contributed by atoms with Crippen LogP contribution in [0.5, 0.6) is 23.0 Å². The van der Waals surface area contributed by atoms with Crippen LogP contribution in [-0.2, 0) is 11.3 Å². The average molecular weight is 464 g/mol. The molecule has 1 fully saturated rings. The lowest BCUT2D eigenvalue weighted by atomic mass is 10.1. The van der Waals surface area contributed by atoms with E-state index in [1.165, 1.54) is 7.11 Å². The van der Waals surface area contributed by atoms with E-state index in [0.717, 1.165) is 5.56 Å². The van der Waals surface area contributed by atoms with Crippen LogP contribution in [0.1, 0.15) is 15.9 Å². The molecule has 0 radical (unpaired) electrons. The third kappa shape index (κ3) is 5.17. The average Bonchev–Trinajstić information content (AvgIpc) is 3.22. The minimum Gasteiger partial charge on any atom is -0.493 e. The van der Waals surface area contributed by atoms with Crippen LogP contribution in [0, 0.1) is 0 Å². The molecule has 3 aliphatic rings. The van der Waals surface area contributed by atoms with Gasteiger partial charge in [0, 0.05) is 25.2 Å². The number of nitrogens with one attached hydrogen (secondary N) is 3. The molecular formula is C22H26ClN3O6. The Morgan fingerprint density at radius 2 is 1.78 bits per heavy atom. The number of hydrogen-bond donors (Lipinski definition) is 3. The van der Waals surface area contributed by atoms with Crippen LogP contribution in [0.4, 0.5) is 0 Å². The SMILES string of the molecule is COc1ccc2cc1OCC(=O)NCc1ccc(c(OC)c1)O[C@H]1CNC[C@@H]1NC2=O.Cl. The summed E-state index contributed by atoms with van der Waals surface area (Å²) in [5.41, 5.74) is 1.25. The fraction of sp³-hybridized carbons (Fsp3) is 0.364. The van der Waals surface area contributed by atoms with E-state index < -0.39 is 0 Å². The number of rotatable bonds is 2. The summed E-state index contributed by atoms with van der Waals surface area (Å²) in [6.07, 6.45) is -0.270. The second-order valence-corrected chi connectivity index (χ2v) is 7.31. The van der Waals surface area contributed by atoms with Crippen LogP contribution in [0.15, 0.2) is 36.4 Å². The number of methoxy groups -OCH3 is 2. The van der Waals surface area contributed by atoms with Crippen LogP contribution >= 0.6 is 12.4 Å². The fourth-order valence-corrected chi connectivity index (χ4v) is 3.58. The molecule has 0 aliphatic carbocycles. The van der Waals surface area contributed by atoms with Gasteiger partial charge >= 0.3 is 0 Å². The van der Waals surface area contributed by atoms with E-state index in [1.807, 2.05) is 12.1 Å². The molecule has 9 nitrogen and oxygen atoms in total. The summed E-state index contributed by atoms with van der Waals surface area (Å²) in [7, 11) is 3.06. The first-order valence-corrected chi connectivity index (χ1v) is 10.00. The first kappa shape index (κ1) is 23.5. The number of halogens is 1. The maximum atomic E-state index is 12.9. The maximum Gasteiger partial charge on any atom is 0.258 e. The predicted molar refractivity (Wildman–Crippen MR) is 119 cm³/mol. The van der Waals surface area contributed by atoms with Gasteiger partial charge in [-0.15, -0.1) is 12.4 Å². The first-order valence-electron chi connectivity index (χ1n) is 10.00. The summed E-state index contributed by atoms with van der Waals surface area (Å²) in [6.45, 7) is 1.26. The van der Waals surface area contributed by atoms with Crippen LogP contribution in [0.2, 0.25) is 0 Å². The van der Waals surface area contributed by atoms with Crippen LogP contribution in [0.25, 0.3) is 0 Å². The number of carbonyl (C=O) groups excluding carboxylic acids is 2. The molecule has 3 aliphatic heterocycles. The molecular weight excluding hydrogens is 438 g/mol. The second-order valence-electron chi connectivity index (χ2n) is 7.31.